The van der Waals surface area contributed by atoms with Gasteiger partial charge in [-0.25, -0.2) is 9.78 Å². The number of carbonyl (C=O) groups is 1. The van der Waals surface area contributed by atoms with Crippen molar-refractivity contribution in [2.24, 2.45) is 0 Å². The van der Waals surface area contributed by atoms with Crippen LogP contribution in [-0.2, 0) is 4.74 Å². The molecule has 0 aliphatic heterocycles. The van der Waals surface area contributed by atoms with Crippen LogP contribution >= 0.6 is 11.6 Å². The van der Waals surface area contributed by atoms with Gasteiger partial charge in [-0.05, 0) is 13.0 Å². The Morgan fingerprint density at radius 1 is 1.77 bits per heavy atom. The normalized spacial score (nSPS) is 9.69. The largest absolute Gasteiger partial charge is 0.461 e. The molecule has 1 aromatic heterocycles. The van der Waals surface area contributed by atoms with E-state index in [1.54, 1.807) is 6.92 Å². The fourth-order valence-electron chi connectivity index (χ4n) is 0.771. The van der Waals surface area contributed by atoms with Crippen LogP contribution in [0.4, 0.5) is 5.69 Å². The molecule has 5 heteroatoms. The number of aromatic nitrogens is 1. The van der Waals surface area contributed by atoms with Crippen LogP contribution in [0.15, 0.2) is 12.3 Å². The molecule has 0 aromatic carbocycles. The molecular formula is C8H9ClN2O2. The maximum absolute atomic E-state index is 11.1. The summed E-state index contributed by atoms with van der Waals surface area (Å²) in [6.07, 6.45) is 1.32. The van der Waals surface area contributed by atoms with Gasteiger partial charge in [0.15, 0.2) is 5.69 Å². The minimum Gasteiger partial charge on any atom is -0.461 e. The van der Waals surface area contributed by atoms with E-state index in [4.69, 9.17) is 22.1 Å². The molecule has 1 rings (SSSR count). The molecule has 0 aliphatic rings. The van der Waals surface area contributed by atoms with E-state index in [-0.39, 0.29) is 5.69 Å². The van der Waals surface area contributed by atoms with E-state index < -0.39 is 5.97 Å². The van der Waals surface area contributed by atoms with Crippen LogP contribution in [-0.4, -0.2) is 17.6 Å². The molecule has 0 saturated heterocycles. The van der Waals surface area contributed by atoms with Crippen molar-refractivity contribution in [1.29, 1.82) is 0 Å². The van der Waals surface area contributed by atoms with Crippen molar-refractivity contribution in [2.45, 2.75) is 6.92 Å². The van der Waals surface area contributed by atoms with Crippen molar-refractivity contribution in [2.75, 3.05) is 12.3 Å². The van der Waals surface area contributed by atoms with Gasteiger partial charge in [-0.15, -0.1) is 0 Å². The number of esters is 1. The molecule has 2 N–H and O–H groups in total. The van der Waals surface area contributed by atoms with E-state index in [2.05, 4.69) is 4.98 Å². The second kappa shape index (κ2) is 4.09. The molecule has 1 aromatic rings. The Morgan fingerprint density at radius 3 is 3.00 bits per heavy atom. The molecule has 4 nitrogen and oxygen atoms in total. The average molecular weight is 201 g/mol. The van der Waals surface area contributed by atoms with Crippen LogP contribution in [0, 0.1) is 0 Å². The van der Waals surface area contributed by atoms with Gasteiger partial charge >= 0.3 is 5.97 Å². The summed E-state index contributed by atoms with van der Waals surface area (Å²) >= 11 is 5.62. The highest BCUT2D eigenvalue weighted by atomic mass is 35.5. The van der Waals surface area contributed by atoms with E-state index in [9.17, 15) is 4.79 Å². The van der Waals surface area contributed by atoms with Gasteiger partial charge in [-0.3, -0.25) is 0 Å². The lowest BCUT2D eigenvalue weighted by molar-refractivity contribution is 0.0519. The number of nitrogens with zero attached hydrogens (tertiary/aromatic N) is 1. The summed E-state index contributed by atoms with van der Waals surface area (Å²) in [5, 5.41) is 0.327. The van der Waals surface area contributed by atoms with Crippen molar-refractivity contribution in [3.63, 3.8) is 0 Å². The summed E-state index contributed by atoms with van der Waals surface area (Å²) in [5.74, 6) is -0.495. The third-order valence-corrected chi connectivity index (χ3v) is 1.69. The number of pyridine rings is 1. The fourth-order valence-corrected chi connectivity index (χ4v) is 0.874. The molecule has 0 aliphatic carbocycles. The van der Waals surface area contributed by atoms with Crippen molar-refractivity contribution in [3.05, 3.63) is 23.0 Å². The number of hydrogen-bond acceptors (Lipinski definition) is 4. The second-order valence-electron chi connectivity index (χ2n) is 2.31. The van der Waals surface area contributed by atoms with Gasteiger partial charge in [0.2, 0.25) is 0 Å². The predicted octanol–water partition coefficient (Wildman–Crippen LogP) is 1.49. The van der Waals surface area contributed by atoms with Crippen LogP contribution in [0.25, 0.3) is 0 Å². The monoisotopic (exact) mass is 200 g/mol. The Balaban J connectivity index is 2.90. The Morgan fingerprint density at radius 2 is 2.46 bits per heavy atom. The van der Waals surface area contributed by atoms with E-state index in [0.717, 1.165) is 0 Å². The first-order chi connectivity index (χ1) is 6.15. The highest BCUT2D eigenvalue weighted by Gasteiger charge is 2.09. The van der Waals surface area contributed by atoms with Crippen LogP contribution in [0.2, 0.25) is 5.02 Å². The molecule has 13 heavy (non-hydrogen) atoms. The van der Waals surface area contributed by atoms with Crippen molar-refractivity contribution < 1.29 is 9.53 Å². The van der Waals surface area contributed by atoms with Gasteiger partial charge in [0, 0.05) is 6.20 Å². The van der Waals surface area contributed by atoms with Crippen LogP contribution < -0.4 is 5.73 Å². The molecule has 0 spiro atoms. The number of carbonyl (C=O) groups excluding carboxylic acids is 1. The predicted molar refractivity (Wildman–Crippen MR) is 49.6 cm³/mol. The zero-order valence-electron chi connectivity index (χ0n) is 7.08. The lowest BCUT2D eigenvalue weighted by atomic mass is 10.3. The molecular weight excluding hydrogens is 192 g/mol. The third-order valence-electron chi connectivity index (χ3n) is 1.37. The molecule has 0 bridgehead atoms. The van der Waals surface area contributed by atoms with Crippen molar-refractivity contribution in [3.8, 4) is 0 Å². The lowest BCUT2D eigenvalue weighted by Gasteiger charge is -2.02. The Bertz CT molecular complexity index is 328. The number of anilines is 1. The molecule has 0 saturated carbocycles. The number of hydrogen-bond donors (Lipinski definition) is 1. The van der Waals surface area contributed by atoms with Crippen molar-refractivity contribution >= 4 is 23.3 Å². The van der Waals surface area contributed by atoms with Gasteiger partial charge in [0.1, 0.15) is 0 Å². The summed E-state index contributed by atoms with van der Waals surface area (Å²) < 4.78 is 4.72. The smallest absolute Gasteiger partial charge is 0.356 e. The van der Waals surface area contributed by atoms with E-state index >= 15 is 0 Å². The summed E-state index contributed by atoms with van der Waals surface area (Å²) in [7, 11) is 0. The lowest BCUT2D eigenvalue weighted by Crippen LogP contribution is -2.07. The Kier molecular flexibility index (Phi) is 3.08. The van der Waals surface area contributed by atoms with Crippen molar-refractivity contribution in [1.82, 2.24) is 4.98 Å². The number of nitrogen functional groups attached to an aromatic ring is 1. The first kappa shape index (κ1) is 9.80. The first-order valence-electron chi connectivity index (χ1n) is 3.73. The molecule has 0 amide bonds. The van der Waals surface area contributed by atoms with E-state index in [0.29, 0.717) is 17.3 Å². The van der Waals surface area contributed by atoms with Crippen LogP contribution in [0.1, 0.15) is 17.4 Å². The average Bonchev–Trinajstić information content (AvgIpc) is 2.10. The van der Waals surface area contributed by atoms with Gasteiger partial charge < -0.3 is 10.5 Å². The maximum atomic E-state index is 11.1. The summed E-state index contributed by atoms with van der Waals surface area (Å²) in [4.78, 5) is 14.9. The number of halogens is 1. The fraction of sp³-hybridized carbons (Fsp3) is 0.250. The topological polar surface area (TPSA) is 65.2 Å². The standard InChI is InChI=1S/C8H9ClN2O2/c1-2-13-8(12)7-3-6(10)5(9)4-11-7/h3-4H,2H2,1H3,(H2,10,11). The van der Waals surface area contributed by atoms with Gasteiger partial charge in [-0.1, -0.05) is 11.6 Å². The highest BCUT2D eigenvalue weighted by molar-refractivity contribution is 6.33. The highest BCUT2D eigenvalue weighted by Crippen LogP contribution is 2.17. The molecule has 1 heterocycles. The maximum Gasteiger partial charge on any atom is 0.356 e. The van der Waals surface area contributed by atoms with Crippen LogP contribution in [0.5, 0.6) is 0 Å². The SMILES string of the molecule is CCOC(=O)c1cc(N)c(Cl)cn1. The van der Waals surface area contributed by atoms with Crippen LogP contribution in [0.3, 0.4) is 0 Å². The van der Waals surface area contributed by atoms with Gasteiger partial charge in [0.25, 0.3) is 0 Å². The third kappa shape index (κ3) is 2.32. The molecule has 0 radical (unpaired) electrons. The van der Waals surface area contributed by atoms with E-state index in [1.807, 2.05) is 0 Å². The Hall–Kier alpha value is -1.29. The summed E-state index contributed by atoms with van der Waals surface area (Å²) in [6.45, 7) is 2.03. The molecule has 0 unspecified atom stereocenters. The second-order valence-corrected chi connectivity index (χ2v) is 2.72. The molecule has 0 fully saturated rings. The quantitative estimate of drug-likeness (QED) is 0.735. The number of nitrogens with two attached hydrogens (primary N) is 1. The zero-order chi connectivity index (χ0) is 9.84. The number of ether oxygens (including phenoxy) is 1. The summed E-state index contributed by atoms with van der Waals surface area (Å²) in [5.41, 5.74) is 5.96. The Labute approximate surface area is 80.7 Å². The number of rotatable bonds is 2. The van der Waals surface area contributed by atoms with Gasteiger partial charge in [-0.2, -0.15) is 0 Å². The van der Waals surface area contributed by atoms with Gasteiger partial charge in [0.05, 0.1) is 17.3 Å². The molecule has 70 valence electrons. The minimum atomic E-state index is -0.495. The first-order valence-corrected chi connectivity index (χ1v) is 4.11. The van der Waals surface area contributed by atoms with E-state index in [1.165, 1.54) is 12.3 Å². The molecule has 0 atom stereocenters. The summed E-state index contributed by atoms with van der Waals surface area (Å²) in [6, 6.07) is 1.39. The zero-order valence-corrected chi connectivity index (χ0v) is 7.84. The minimum absolute atomic E-state index is 0.170.